The lowest BCUT2D eigenvalue weighted by Gasteiger charge is -2.43. The lowest BCUT2D eigenvalue weighted by Crippen LogP contribution is -2.44. The highest BCUT2D eigenvalue weighted by Gasteiger charge is 2.47. The molecule has 2 N–H and O–H groups in total. The first kappa shape index (κ1) is 40.2. The Morgan fingerprint density at radius 3 is 2.24 bits per heavy atom. The van der Waals surface area contributed by atoms with Gasteiger partial charge < -0.3 is 28.8 Å². The predicted octanol–water partition coefficient (Wildman–Crippen LogP) is 9.89. The minimum atomic E-state index is -4.86. The maximum atomic E-state index is 13.3. The molecule has 3 rings (SSSR count). The fraction of sp³-hybridized carbons (Fsp3) is 0.615. The van der Waals surface area contributed by atoms with E-state index in [4.69, 9.17) is 13.9 Å². The van der Waals surface area contributed by atoms with E-state index in [0.717, 1.165) is 24.8 Å². The molecule has 0 radical (unpaired) electrons. The number of hydrogen-bond donors (Lipinski definition) is 2. The van der Waals surface area contributed by atoms with E-state index in [0.29, 0.717) is 42.4 Å². The number of halogens is 3. The maximum Gasteiger partial charge on any atom is 0.573 e. The predicted molar refractivity (Wildman–Crippen MR) is 185 cm³/mol. The van der Waals surface area contributed by atoms with Crippen LogP contribution < -0.4 is 9.47 Å². The molecule has 0 aliphatic rings. The quantitative estimate of drug-likeness (QED) is 0.107. The molecule has 10 heteroatoms. The van der Waals surface area contributed by atoms with E-state index in [2.05, 4.69) is 32.4 Å². The van der Waals surface area contributed by atoms with Crippen LogP contribution in [0.3, 0.4) is 0 Å². The molecule has 0 amide bonds. The van der Waals surface area contributed by atoms with Gasteiger partial charge in [-0.2, -0.15) is 0 Å². The Hall–Kier alpha value is -3.24. The second kappa shape index (κ2) is 16.6. The van der Waals surface area contributed by atoms with Gasteiger partial charge in [0.2, 0.25) is 0 Å². The van der Waals surface area contributed by atoms with Gasteiger partial charge in [-0.05, 0) is 85.8 Å². The molecule has 0 fully saturated rings. The fourth-order valence-electron chi connectivity index (χ4n) is 5.94. The fourth-order valence-corrected chi connectivity index (χ4v) is 5.94. The number of aliphatic hydroxyl groups is 2. The van der Waals surface area contributed by atoms with Crippen LogP contribution in [0.15, 0.2) is 46.9 Å². The van der Waals surface area contributed by atoms with Crippen LogP contribution in [0.25, 0.3) is 22.3 Å². The van der Waals surface area contributed by atoms with Crippen LogP contribution >= 0.6 is 0 Å². The van der Waals surface area contributed by atoms with Gasteiger partial charge in [0, 0.05) is 24.0 Å². The molecule has 3 unspecified atom stereocenters. The first-order chi connectivity index (χ1) is 22.7. The number of hydrogen-bond acceptors (Lipinski definition) is 7. The van der Waals surface area contributed by atoms with Crippen LogP contribution in [-0.4, -0.2) is 48.5 Å². The number of furan rings is 1. The highest BCUT2D eigenvalue weighted by molar-refractivity contribution is 5.85. The Bertz CT molecular complexity index is 1500. The second-order valence-corrected chi connectivity index (χ2v) is 15.7. The number of carbonyl (C=O) groups excluding carboxylic acids is 1. The van der Waals surface area contributed by atoms with Crippen molar-refractivity contribution in [1.29, 1.82) is 0 Å². The van der Waals surface area contributed by atoms with Crippen molar-refractivity contribution in [1.82, 2.24) is 0 Å². The summed E-state index contributed by atoms with van der Waals surface area (Å²) in [5, 5.41) is 21.2. The molecule has 1 heterocycles. The summed E-state index contributed by atoms with van der Waals surface area (Å²) in [6.45, 7) is 16.2. The molecule has 0 saturated carbocycles. The number of ether oxygens (including phenoxy) is 3. The zero-order valence-electron chi connectivity index (χ0n) is 30.3. The van der Waals surface area contributed by atoms with Gasteiger partial charge in [0.25, 0.3) is 0 Å². The molecule has 49 heavy (non-hydrogen) atoms. The van der Waals surface area contributed by atoms with Gasteiger partial charge in [-0.1, -0.05) is 67.4 Å². The Balaban J connectivity index is 1.61. The molecule has 3 aromatic rings. The smallest absolute Gasteiger partial charge is 0.491 e. The van der Waals surface area contributed by atoms with Crippen molar-refractivity contribution in [3.8, 4) is 22.8 Å². The van der Waals surface area contributed by atoms with Gasteiger partial charge in [-0.3, -0.25) is 4.79 Å². The van der Waals surface area contributed by atoms with Crippen LogP contribution in [0.5, 0.6) is 11.5 Å². The van der Waals surface area contributed by atoms with Gasteiger partial charge in [0.15, 0.2) is 0 Å². The monoisotopic (exact) mass is 692 g/mol. The third-order valence-corrected chi connectivity index (χ3v) is 9.15. The third-order valence-electron chi connectivity index (χ3n) is 9.15. The van der Waals surface area contributed by atoms with Crippen molar-refractivity contribution >= 4 is 16.9 Å². The number of unbranched alkanes of at least 4 members (excludes halogenated alkanes) is 2. The van der Waals surface area contributed by atoms with Crippen LogP contribution in [0, 0.1) is 22.2 Å². The average molecular weight is 693 g/mol. The van der Waals surface area contributed by atoms with Crippen molar-refractivity contribution < 1.29 is 46.8 Å². The number of fused-ring (bicyclic) bond motifs is 1. The van der Waals surface area contributed by atoms with Gasteiger partial charge in [-0.15, -0.1) is 13.2 Å². The third kappa shape index (κ3) is 11.9. The zero-order chi connectivity index (χ0) is 36.6. The molecule has 1 aromatic heterocycles. The largest absolute Gasteiger partial charge is 0.573 e. The van der Waals surface area contributed by atoms with E-state index in [-0.39, 0.29) is 59.6 Å². The summed E-state index contributed by atoms with van der Waals surface area (Å²) in [6, 6.07) is 11.5. The van der Waals surface area contributed by atoms with Crippen molar-refractivity contribution in [2.24, 2.45) is 22.2 Å². The van der Waals surface area contributed by atoms with Gasteiger partial charge >= 0.3 is 12.3 Å². The Morgan fingerprint density at radius 1 is 0.918 bits per heavy atom. The van der Waals surface area contributed by atoms with E-state index < -0.39 is 17.9 Å². The van der Waals surface area contributed by atoms with E-state index in [1.807, 2.05) is 27.7 Å². The van der Waals surface area contributed by atoms with Crippen molar-refractivity contribution in [2.75, 3.05) is 19.8 Å². The lowest BCUT2D eigenvalue weighted by molar-refractivity contribution is -0.274. The number of alkyl halides is 3. The minimum Gasteiger partial charge on any atom is -0.491 e. The number of carbonyl (C=O) groups is 1. The summed E-state index contributed by atoms with van der Waals surface area (Å²) >= 11 is 0. The Labute approximate surface area is 289 Å². The summed E-state index contributed by atoms with van der Waals surface area (Å²) in [6.07, 6.45) is -0.826. The topological polar surface area (TPSA) is 98.4 Å². The molecule has 274 valence electrons. The van der Waals surface area contributed by atoms with E-state index >= 15 is 0 Å². The van der Waals surface area contributed by atoms with Gasteiger partial charge in [-0.25, -0.2) is 0 Å². The normalized spacial score (nSPS) is 15.1. The number of aryl methyl sites for hydroxylation is 1. The molecule has 0 spiro atoms. The number of benzene rings is 2. The average Bonchev–Trinajstić information content (AvgIpc) is 3.41. The van der Waals surface area contributed by atoms with E-state index in [1.54, 1.807) is 36.4 Å². The standard InChI is InChI=1S/C39H55F3O7/c1-9-10-11-12-26-14-18-31(34(19-26)49-39(40,41)42)33-20-28-15-17-30(21-32(28)48-33)46-24-29(44)16-13-27(22-43)23-47-35(45)38(8,37(5,6)7)25-36(2,3)4/h14-15,17-21,27,29,43-44H,9-13,16,22-25H2,1-8H3. The SMILES string of the molecule is CCCCCc1ccc(-c2cc3ccc(OCC(O)CCC(CO)COC(=O)C(C)(CC(C)(C)C)C(C)(C)C)cc3o2)c(OC(F)(F)F)c1. The molecule has 0 aliphatic carbocycles. The van der Waals surface area contributed by atoms with E-state index in [1.165, 1.54) is 6.07 Å². The zero-order valence-corrected chi connectivity index (χ0v) is 30.3. The number of aliphatic hydroxyl groups excluding tert-OH is 2. The molecular weight excluding hydrogens is 637 g/mol. The second-order valence-electron chi connectivity index (χ2n) is 15.7. The molecule has 7 nitrogen and oxygen atoms in total. The first-order valence-electron chi connectivity index (χ1n) is 17.3. The van der Waals surface area contributed by atoms with Crippen molar-refractivity contribution in [3.05, 3.63) is 48.0 Å². The number of rotatable bonds is 17. The van der Waals surface area contributed by atoms with Crippen LogP contribution in [0.2, 0.25) is 0 Å². The Kier molecular flexibility index (Phi) is 13.7. The summed E-state index contributed by atoms with van der Waals surface area (Å²) in [7, 11) is 0. The molecule has 2 aromatic carbocycles. The summed E-state index contributed by atoms with van der Waals surface area (Å²) < 4.78 is 61.7. The van der Waals surface area contributed by atoms with Crippen LogP contribution in [-0.2, 0) is 16.0 Å². The minimum absolute atomic E-state index is 0.0340. The molecular formula is C39H55F3O7. The Morgan fingerprint density at radius 2 is 1.63 bits per heavy atom. The summed E-state index contributed by atoms with van der Waals surface area (Å²) in [4.78, 5) is 13.3. The first-order valence-corrected chi connectivity index (χ1v) is 17.3. The number of esters is 1. The van der Waals surface area contributed by atoms with Crippen LogP contribution in [0.1, 0.15) is 99.5 Å². The van der Waals surface area contributed by atoms with Gasteiger partial charge in [0.1, 0.15) is 29.4 Å². The van der Waals surface area contributed by atoms with Crippen molar-refractivity contribution in [2.45, 2.75) is 113 Å². The van der Waals surface area contributed by atoms with Gasteiger partial charge in [0.05, 0.1) is 23.7 Å². The van der Waals surface area contributed by atoms with E-state index in [9.17, 15) is 28.2 Å². The summed E-state index contributed by atoms with van der Waals surface area (Å²) in [5.74, 6) is -0.310. The molecule has 0 bridgehead atoms. The maximum absolute atomic E-state index is 13.3. The molecule has 0 aliphatic heterocycles. The molecule has 3 atom stereocenters. The highest BCUT2D eigenvalue weighted by atomic mass is 19.4. The lowest BCUT2D eigenvalue weighted by atomic mass is 9.61. The van der Waals surface area contributed by atoms with Crippen molar-refractivity contribution in [3.63, 3.8) is 0 Å². The highest BCUT2D eigenvalue weighted by Crippen LogP contribution is 2.47. The summed E-state index contributed by atoms with van der Waals surface area (Å²) in [5.41, 5.74) is 0.220. The molecule has 0 saturated heterocycles. The van der Waals surface area contributed by atoms with Crippen LogP contribution in [0.4, 0.5) is 13.2 Å².